The molecule has 6 nitrogen and oxygen atoms in total. The Kier molecular flexibility index (Phi) is 5.09. The molecule has 3 heterocycles. The lowest BCUT2D eigenvalue weighted by Gasteiger charge is -2.29. The van der Waals surface area contributed by atoms with E-state index >= 15 is 0 Å². The fourth-order valence-electron chi connectivity index (χ4n) is 2.63. The van der Waals surface area contributed by atoms with Crippen LogP contribution in [0.15, 0.2) is 65.7 Å². The normalized spacial score (nSPS) is 13.8. The van der Waals surface area contributed by atoms with E-state index in [1.54, 1.807) is 36.7 Å². The van der Waals surface area contributed by atoms with E-state index < -0.39 is 0 Å². The Balaban J connectivity index is 1.49. The number of nitrogens with zero attached hydrogens (tertiary/aromatic N) is 3. The summed E-state index contributed by atoms with van der Waals surface area (Å²) >= 11 is 5.82. The molecular weight excluding hydrogens is 366 g/mol. The number of pyridine rings is 2. The first-order chi connectivity index (χ1) is 13.2. The van der Waals surface area contributed by atoms with E-state index in [2.05, 4.69) is 4.98 Å². The van der Waals surface area contributed by atoms with Gasteiger partial charge in [-0.15, -0.1) is 5.06 Å². The van der Waals surface area contributed by atoms with Gasteiger partial charge >= 0.3 is 0 Å². The van der Waals surface area contributed by atoms with Gasteiger partial charge in [0.05, 0.1) is 10.7 Å². The zero-order valence-corrected chi connectivity index (χ0v) is 15.3. The molecule has 1 aromatic carbocycles. The first kappa shape index (κ1) is 17.6. The molecule has 0 saturated carbocycles. The van der Waals surface area contributed by atoms with Crippen LogP contribution in [0.5, 0.6) is 11.5 Å². The van der Waals surface area contributed by atoms with Crippen molar-refractivity contribution in [3.63, 3.8) is 0 Å². The molecule has 0 unspecified atom stereocenters. The summed E-state index contributed by atoms with van der Waals surface area (Å²) in [5.41, 5.74) is 1.20. The molecule has 0 aliphatic carbocycles. The van der Waals surface area contributed by atoms with E-state index in [0.717, 1.165) is 30.9 Å². The molecule has 0 amide bonds. The van der Waals surface area contributed by atoms with E-state index in [1.807, 2.05) is 29.3 Å². The van der Waals surface area contributed by atoms with E-state index in [4.69, 9.17) is 21.2 Å². The van der Waals surface area contributed by atoms with Crippen molar-refractivity contribution in [1.29, 1.82) is 0 Å². The van der Waals surface area contributed by atoms with Crippen LogP contribution in [0.2, 0.25) is 5.02 Å². The third-order valence-electron chi connectivity index (χ3n) is 4.24. The molecule has 138 valence electrons. The summed E-state index contributed by atoms with van der Waals surface area (Å²) in [5.74, 6) is 1.02. The fourth-order valence-corrected chi connectivity index (χ4v) is 2.74. The molecule has 27 heavy (non-hydrogen) atoms. The molecular formula is C20H18ClN3O3. The van der Waals surface area contributed by atoms with Crippen LogP contribution in [-0.4, -0.2) is 27.7 Å². The van der Waals surface area contributed by atoms with Crippen molar-refractivity contribution in [2.75, 3.05) is 13.1 Å². The van der Waals surface area contributed by atoms with Crippen molar-refractivity contribution >= 4 is 11.6 Å². The second-order valence-corrected chi connectivity index (χ2v) is 6.61. The van der Waals surface area contributed by atoms with Crippen LogP contribution in [0.4, 0.5) is 0 Å². The minimum absolute atomic E-state index is 0.193. The van der Waals surface area contributed by atoms with Gasteiger partial charge in [0.25, 0.3) is 5.56 Å². The average molecular weight is 384 g/mol. The minimum Gasteiger partial charge on any atom is -0.481 e. The number of rotatable bonds is 6. The SMILES string of the molecule is O=c1c(OCc2ccc(Cl)cn2)cccn1-c1ccc(ON2CCC2)cc1. The van der Waals surface area contributed by atoms with Crippen LogP contribution in [0.25, 0.3) is 5.69 Å². The Morgan fingerprint density at radius 2 is 1.89 bits per heavy atom. The van der Waals surface area contributed by atoms with Crippen molar-refractivity contribution in [2.24, 2.45) is 0 Å². The summed E-state index contributed by atoms with van der Waals surface area (Å²) in [4.78, 5) is 22.6. The maximum atomic E-state index is 12.7. The van der Waals surface area contributed by atoms with Crippen molar-refractivity contribution < 1.29 is 9.57 Å². The van der Waals surface area contributed by atoms with E-state index in [1.165, 1.54) is 4.57 Å². The lowest BCUT2D eigenvalue weighted by atomic mass is 10.3. The maximum absolute atomic E-state index is 12.7. The Bertz CT molecular complexity index is 967. The Labute approximate surface area is 161 Å². The third-order valence-corrected chi connectivity index (χ3v) is 4.46. The topological polar surface area (TPSA) is 56.6 Å². The van der Waals surface area contributed by atoms with Crippen LogP contribution in [0.3, 0.4) is 0 Å². The molecule has 1 aliphatic rings. The summed E-state index contributed by atoms with van der Waals surface area (Å²) < 4.78 is 7.19. The van der Waals surface area contributed by atoms with Crippen molar-refractivity contribution in [1.82, 2.24) is 14.6 Å². The Hall–Kier alpha value is -2.83. The van der Waals surface area contributed by atoms with Crippen LogP contribution < -0.4 is 15.1 Å². The van der Waals surface area contributed by atoms with E-state index in [0.29, 0.717) is 10.7 Å². The second-order valence-electron chi connectivity index (χ2n) is 6.17. The summed E-state index contributed by atoms with van der Waals surface area (Å²) in [6, 6.07) is 14.3. The third kappa shape index (κ3) is 4.13. The zero-order chi connectivity index (χ0) is 18.6. The molecule has 3 aromatic rings. The highest BCUT2D eigenvalue weighted by Gasteiger charge is 2.15. The largest absolute Gasteiger partial charge is 0.481 e. The van der Waals surface area contributed by atoms with E-state index in [9.17, 15) is 4.79 Å². The smallest absolute Gasteiger partial charge is 0.297 e. The number of halogens is 1. The zero-order valence-electron chi connectivity index (χ0n) is 14.5. The van der Waals surface area contributed by atoms with Gasteiger partial charge in [-0.2, -0.15) is 0 Å². The van der Waals surface area contributed by atoms with Crippen LogP contribution in [0, 0.1) is 0 Å². The summed E-state index contributed by atoms with van der Waals surface area (Å²) in [6.07, 6.45) is 4.42. The summed E-state index contributed by atoms with van der Waals surface area (Å²) in [6.45, 7) is 2.09. The molecule has 0 N–H and O–H groups in total. The number of hydrogen-bond donors (Lipinski definition) is 0. The van der Waals surface area contributed by atoms with Crippen molar-refractivity contribution in [3.05, 3.63) is 82.0 Å². The fraction of sp³-hybridized carbons (Fsp3) is 0.200. The molecule has 1 aliphatic heterocycles. The number of hydrogen-bond acceptors (Lipinski definition) is 5. The standard InChI is InChI=1S/C20H18ClN3O3/c21-15-4-5-16(22-13-15)14-26-19-3-1-12-24(20(19)25)17-6-8-18(9-7-17)27-23-10-2-11-23/h1,3-9,12-13H,2,10-11,14H2. The molecule has 2 aromatic heterocycles. The van der Waals surface area contributed by atoms with E-state index in [-0.39, 0.29) is 17.9 Å². The molecule has 0 bridgehead atoms. The van der Waals surface area contributed by atoms with Crippen molar-refractivity contribution in [3.8, 4) is 17.2 Å². The average Bonchev–Trinajstić information content (AvgIpc) is 2.66. The van der Waals surface area contributed by atoms with Gasteiger partial charge in [-0.05, 0) is 55.0 Å². The number of benzene rings is 1. The minimum atomic E-state index is -0.233. The molecule has 7 heteroatoms. The number of aromatic nitrogens is 2. The first-order valence-electron chi connectivity index (χ1n) is 8.67. The van der Waals surface area contributed by atoms with Gasteiger partial charge in [0, 0.05) is 31.2 Å². The van der Waals surface area contributed by atoms with Crippen molar-refractivity contribution in [2.45, 2.75) is 13.0 Å². The van der Waals surface area contributed by atoms with Gasteiger partial charge in [-0.25, -0.2) is 0 Å². The molecule has 0 radical (unpaired) electrons. The quantitative estimate of drug-likeness (QED) is 0.652. The maximum Gasteiger partial charge on any atom is 0.297 e. The predicted molar refractivity (Wildman–Crippen MR) is 102 cm³/mol. The van der Waals surface area contributed by atoms with Gasteiger partial charge in [-0.1, -0.05) is 11.6 Å². The Morgan fingerprint density at radius 1 is 1.07 bits per heavy atom. The summed E-state index contributed by atoms with van der Waals surface area (Å²) in [7, 11) is 0. The summed E-state index contributed by atoms with van der Waals surface area (Å²) in [5, 5.41) is 2.46. The highest BCUT2D eigenvalue weighted by molar-refractivity contribution is 6.30. The molecule has 1 saturated heterocycles. The lowest BCUT2D eigenvalue weighted by Crippen LogP contribution is -2.39. The van der Waals surface area contributed by atoms with Gasteiger partial charge < -0.3 is 9.57 Å². The van der Waals surface area contributed by atoms with Gasteiger partial charge in [0.1, 0.15) is 12.4 Å². The molecule has 0 spiro atoms. The van der Waals surface area contributed by atoms with Gasteiger partial charge in [0.15, 0.2) is 5.75 Å². The molecule has 4 rings (SSSR count). The van der Waals surface area contributed by atoms with Gasteiger partial charge in [-0.3, -0.25) is 14.3 Å². The second kappa shape index (κ2) is 7.82. The highest BCUT2D eigenvalue weighted by atomic mass is 35.5. The molecule has 0 atom stereocenters. The van der Waals surface area contributed by atoms with Crippen LogP contribution >= 0.6 is 11.6 Å². The predicted octanol–water partition coefficient (Wildman–Crippen LogP) is 3.46. The first-order valence-corrected chi connectivity index (χ1v) is 9.05. The monoisotopic (exact) mass is 383 g/mol. The number of hydroxylamine groups is 2. The lowest BCUT2D eigenvalue weighted by molar-refractivity contribution is -0.107. The molecule has 1 fully saturated rings. The van der Waals surface area contributed by atoms with Gasteiger partial charge in [0.2, 0.25) is 0 Å². The Morgan fingerprint density at radius 3 is 2.56 bits per heavy atom. The van der Waals surface area contributed by atoms with Crippen LogP contribution in [-0.2, 0) is 6.61 Å². The highest BCUT2D eigenvalue weighted by Crippen LogP contribution is 2.18. The number of ether oxygens (including phenoxy) is 1. The van der Waals surface area contributed by atoms with Crippen LogP contribution in [0.1, 0.15) is 12.1 Å².